The van der Waals surface area contributed by atoms with Crippen LogP contribution >= 0.6 is 0 Å². The fourth-order valence-corrected chi connectivity index (χ4v) is 3.39. The Hall–Kier alpha value is -2.69. The average Bonchev–Trinajstić information content (AvgIpc) is 2.93. The Morgan fingerprint density at radius 2 is 1.88 bits per heavy atom. The number of amides is 2. The van der Waals surface area contributed by atoms with Gasteiger partial charge < -0.3 is 10.2 Å². The van der Waals surface area contributed by atoms with Crippen LogP contribution in [0.1, 0.15) is 32.3 Å². The minimum absolute atomic E-state index is 0.000423. The number of nitrogens with one attached hydrogen (secondary N) is 1. The van der Waals surface area contributed by atoms with Gasteiger partial charge in [-0.25, -0.2) is 0 Å². The van der Waals surface area contributed by atoms with E-state index in [2.05, 4.69) is 11.4 Å². The molecular formula is C21H24N2O3. The van der Waals surface area contributed by atoms with Crippen molar-refractivity contribution in [1.82, 2.24) is 10.2 Å². The normalized spacial score (nSPS) is 17.1. The Bertz CT molecular complexity index is 839. The lowest BCUT2D eigenvalue weighted by Gasteiger charge is -2.18. The summed E-state index contributed by atoms with van der Waals surface area (Å²) in [6.07, 6.45) is 0.470. The number of rotatable bonds is 6. The van der Waals surface area contributed by atoms with Gasteiger partial charge in [-0.2, -0.15) is 0 Å². The largest absolute Gasteiger partial charge is 0.344 e. The van der Waals surface area contributed by atoms with Gasteiger partial charge in [0.15, 0.2) is 0 Å². The van der Waals surface area contributed by atoms with Crippen LogP contribution in [0.3, 0.4) is 0 Å². The Balaban J connectivity index is 1.65. The maximum atomic E-state index is 12.3. The molecule has 136 valence electrons. The lowest BCUT2D eigenvalue weighted by molar-refractivity contribution is -0.138. The van der Waals surface area contributed by atoms with E-state index < -0.39 is 11.7 Å². The number of carbonyl (C=O) groups is 3. The van der Waals surface area contributed by atoms with Crippen molar-refractivity contribution >= 4 is 28.4 Å². The molecule has 2 amide bonds. The van der Waals surface area contributed by atoms with E-state index in [9.17, 15) is 14.4 Å². The first-order valence-corrected chi connectivity index (χ1v) is 9.02. The number of fused-ring (bicyclic) bond motifs is 1. The number of hydrogen-bond acceptors (Lipinski definition) is 3. The van der Waals surface area contributed by atoms with E-state index in [4.69, 9.17) is 0 Å². The third-order valence-electron chi connectivity index (χ3n) is 4.64. The molecule has 1 saturated heterocycles. The number of likely N-dealkylation sites (tertiary alicyclic amines) is 1. The van der Waals surface area contributed by atoms with E-state index in [1.54, 1.807) is 4.90 Å². The van der Waals surface area contributed by atoms with Crippen LogP contribution in [-0.4, -0.2) is 35.1 Å². The molecule has 5 nitrogen and oxygen atoms in total. The van der Waals surface area contributed by atoms with Crippen molar-refractivity contribution in [2.24, 2.45) is 5.92 Å². The molecule has 1 N–H and O–H groups in total. The molecule has 0 saturated carbocycles. The minimum Gasteiger partial charge on any atom is -0.344 e. The number of carbonyl (C=O) groups excluding carboxylic acids is 3. The zero-order chi connectivity index (χ0) is 18.7. The van der Waals surface area contributed by atoms with Gasteiger partial charge in [-0.1, -0.05) is 56.3 Å². The third kappa shape index (κ3) is 4.10. The average molecular weight is 352 g/mol. The molecule has 1 fully saturated rings. The fourth-order valence-electron chi connectivity index (χ4n) is 3.39. The molecule has 1 aliphatic heterocycles. The second kappa shape index (κ2) is 7.68. The molecule has 26 heavy (non-hydrogen) atoms. The highest BCUT2D eigenvalue weighted by molar-refractivity contribution is 6.36. The number of Topliss-reactive ketones (excluding diaryl/α,β-unsaturated/α-hetero) is 1. The summed E-state index contributed by atoms with van der Waals surface area (Å²) in [5.41, 5.74) is 1.08. The van der Waals surface area contributed by atoms with E-state index in [1.807, 2.05) is 50.2 Å². The van der Waals surface area contributed by atoms with Crippen LogP contribution in [0.5, 0.6) is 0 Å². The highest BCUT2D eigenvalue weighted by atomic mass is 16.2. The number of ketones is 1. The standard InChI is InChI=1S/C21H24N2O3/c1-14(2)10-19(24)21(26)22-17-11-20(25)23(13-17)12-16-8-5-7-15-6-3-4-9-18(15)16/h3-9,14,17H,10-13H2,1-2H3,(H,22,26)/t17-/m0/s1. The van der Waals surface area contributed by atoms with Crippen LogP contribution in [0.4, 0.5) is 0 Å². The van der Waals surface area contributed by atoms with Crippen LogP contribution in [0.15, 0.2) is 42.5 Å². The fraction of sp³-hybridized carbons (Fsp3) is 0.381. The summed E-state index contributed by atoms with van der Waals surface area (Å²) in [4.78, 5) is 37.9. The van der Waals surface area contributed by atoms with E-state index in [1.165, 1.54) is 0 Å². The molecular weight excluding hydrogens is 328 g/mol. The van der Waals surface area contributed by atoms with E-state index >= 15 is 0 Å². The van der Waals surface area contributed by atoms with Crippen molar-refractivity contribution in [1.29, 1.82) is 0 Å². The van der Waals surface area contributed by atoms with Crippen molar-refractivity contribution in [3.05, 3.63) is 48.0 Å². The summed E-state index contributed by atoms with van der Waals surface area (Å²) < 4.78 is 0. The van der Waals surface area contributed by atoms with Crippen LogP contribution in [-0.2, 0) is 20.9 Å². The van der Waals surface area contributed by atoms with Gasteiger partial charge in [0.25, 0.3) is 5.91 Å². The monoisotopic (exact) mass is 352 g/mol. The molecule has 3 rings (SSSR count). The predicted octanol–water partition coefficient (Wildman–Crippen LogP) is 2.67. The van der Waals surface area contributed by atoms with Gasteiger partial charge >= 0.3 is 0 Å². The molecule has 1 aliphatic rings. The Kier molecular flexibility index (Phi) is 5.35. The van der Waals surface area contributed by atoms with Crippen molar-refractivity contribution in [2.45, 2.75) is 39.3 Å². The zero-order valence-corrected chi connectivity index (χ0v) is 15.2. The lowest BCUT2D eigenvalue weighted by Crippen LogP contribution is -2.41. The molecule has 0 aliphatic carbocycles. The van der Waals surface area contributed by atoms with Crippen LogP contribution in [0.25, 0.3) is 10.8 Å². The van der Waals surface area contributed by atoms with Crippen LogP contribution in [0, 0.1) is 5.92 Å². The van der Waals surface area contributed by atoms with E-state index in [0.717, 1.165) is 16.3 Å². The first kappa shape index (κ1) is 18.1. The summed E-state index contributed by atoms with van der Waals surface area (Å²) in [5, 5.41) is 4.98. The van der Waals surface area contributed by atoms with Crippen molar-refractivity contribution in [3.63, 3.8) is 0 Å². The van der Waals surface area contributed by atoms with Gasteiger partial charge in [-0.05, 0) is 22.3 Å². The molecule has 5 heteroatoms. The molecule has 0 unspecified atom stereocenters. The summed E-state index contributed by atoms with van der Waals surface area (Å²) >= 11 is 0. The van der Waals surface area contributed by atoms with E-state index in [0.29, 0.717) is 13.1 Å². The lowest BCUT2D eigenvalue weighted by atomic mass is 10.0. The quantitative estimate of drug-likeness (QED) is 0.813. The predicted molar refractivity (Wildman–Crippen MR) is 100 cm³/mol. The molecule has 0 spiro atoms. The van der Waals surface area contributed by atoms with Gasteiger partial charge in [0.05, 0.1) is 6.04 Å². The highest BCUT2D eigenvalue weighted by Gasteiger charge is 2.32. The maximum absolute atomic E-state index is 12.3. The summed E-state index contributed by atoms with van der Waals surface area (Å²) in [5.74, 6) is -0.857. The number of hydrogen-bond donors (Lipinski definition) is 1. The van der Waals surface area contributed by atoms with Gasteiger partial charge in [0.1, 0.15) is 0 Å². The number of benzene rings is 2. The minimum atomic E-state index is -0.580. The molecule has 2 aromatic rings. The first-order valence-electron chi connectivity index (χ1n) is 9.02. The first-order chi connectivity index (χ1) is 12.4. The topological polar surface area (TPSA) is 66.5 Å². The van der Waals surface area contributed by atoms with Gasteiger partial charge in [0.2, 0.25) is 11.7 Å². The van der Waals surface area contributed by atoms with Gasteiger partial charge in [-0.15, -0.1) is 0 Å². The van der Waals surface area contributed by atoms with Crippen molar-refractivity contribution < 1.29 is 14.4 Å². The molecule has 0 radical (unpaired) electrons. The Labute approximate surface area is 153 Å². The van der Waals surface area contributed by atoms with Gasteiger partial charge in [0, 0.05) is 25.9 Å². The molecule has 0 aromatic heterocycles. The molecule has 1 atom stereocenters. The van der Waals surface area contributed by atoms with Crippen molar-refractivity contribution in [2.75, 3.05) is 6.54 Å². The number of nitrogens with zero attached hydrogens (tertiary/aromatic N) is 1. The SMILES string of the molecule is CC(C)CC(=O)C(=O)N[C@H]1CC(=O)N(Cc2cccc3ccccc23)C1. The Morgan fingerprint density at radius 1 is 1.15 bits per heavy atom. The van der Waals surface area contributed by atoms with Crippen LogP contribution < -0.4 is 5.32 Å². The molecule has 2 aromatic carbocycles. The second-order valence-corrected chi connectivity index (χ2v) is 7.31. The highest BCUT2D eigenvalue weighted by Crippen LogP contribution is 2.22. The van der Waals surface area contributed by atoms with Gasteiger partial charge in [-0.3, -0.25) is 14.4 Å². The Morgan fingerprint density at radius 3 is 2.65 bits per heavy atom. The maximum Gasteiger partial charge on any atom is 0.287 e. The summed E-state index contributed by atoms with van der Waals surface area (Å²) in [6.45, 7) is 4.74. The summed E-state index contributed by atoms with van der Waals surface area (Å²) in [7, 11) is 0. The molecule has 0 bridgehead atoms. The smallest absolute Gasteiger partial charge is 0.287 e. The summed E-state index contributed by atoms with van der Waals surface area (Å²) in [6, 6.07) is 13.8. The zero-order valence-electron chi connectivity index (χ0n) is 15.2. The molecule has 1 heterocycles. The second-order valence-electron chi connectivity index (χ2n) is 7.31. The van der Waals surface area contributed by atoms with Crippen molar-refractivity contribution in [3.8, 4) is 0 Å². The van der Waals surface area contributed by atoms with Crippen LogP contribution in [0.2, 0.25) is 0 Å². The van der Waals surface area contributed by atoms with E-state index in [-0.39, 0.29) is 30.7 Å². The third-order valence-corrected chi connectivity index (χ3v) is 4.64.